The number of ether oxygens (including phenoxy) is 2. The summed E-state index contributed by atoms with van der Waals surface area (Å²) >= 11 is 18.0. The summed E-state index contributed by atoms with van der Waals surface area (Å²) < 4.78 is 15.8. The third kappa shape index (κ3) is 4.13. The van der Waals surface area contributed by atoms with Gasteiger partial charge in [-0.25, -0.2) is 4.98 Å². The van der Waals surface area contributed by atoms with Crippen LogP contribution in [-0.2, 0) is 0 Å². The number of nitrogens with zero attached hydrogens (tertiary/aromatic N) is 1. The zero-order valence-electron chi connectivity index (χ0n) is 14.2. The Bertz CT molecular complexity index is 1000. The monoisotopic (exact) mass is 426 g/mol. The minimum atomic E-state index is -0.493. The van der Waals surface area contributed by atoms with E-state index in [1.54, 1.807) is 30.3 Å². The minimum absolute atomic E-state index is 0.0760. The standard InChI is InChI=1S/C18H13Cl3N2O4/c1-25-15-7-13(16(26-2)6-12(15)21)22-17(24)14-8-27-18(23-14)9-3-4-10(19)11(20)5-9/h3-8H,1-2H3,(H,22,24). The Morgan fingerprint density at radius 2 is 1.74 bits per heavy atom. The number of aromatic nitrogens is 1. The lowest BCUT2D eigenvalue weighted by Gasteiger charge is -2.12. The van der Waals surface area contributed by atoms with Gasteiger partial charge in [0.15, 0.2) is 5.69 Å². The van der Waals surface area contributed by atoms with Crippen molar-refractivity contribution in [3.8, 4) is 23.0 Å². The highest BCUT2D eigenvalue weighted by molar-refractivity contribution is 6.42. The molecule has 0 aliphatic heterocycles. The van der Waals surface area contributed by atoms with Gasteiger partial charge < -0.3 is 19.2 Å². The second-order valence-electron chi connectivity index (χ2n) is 5.31. The van der Waals surface area contributed by atoms with Crippen molar-refractivity contribution in [2.24, 2.45) is 0 Å². The van der Waals surface area contributed by atoms with E-state index in [-0.39, 0.29) is 11.6 Å². The molecule has 140 valence electrons. The Hall–Kier alpha value is -2.41. The predicted octanol–water partition coefficient (Wildman–Crippen LogP) is 5.57. The highest BCUT2D eigenvalue weighted by Crippen LogP contribution is 2.36. The third-order valence-electron chi connectivity index (χ3n) is 3.63. The van der Waals surface area contributed by atoms with Crippen molar-refractivity contribution < 1.29 is 18.7 Å². The van der Waals surface area contributed by atoms with Gasteiger partial charge in [0, 0.05) is 17.7 Å². The molecule has 3 rings (SSSR count). The van der Waals surface area contributed by atoms with Crippen LogP contribution in [0, 0.1) is 0 Å². The zero-order valence-corrected chi connectivity index (χ0v) is 16.4. The molecule has 9 heteroatoms. The van der Waals surface area contributed by atoms with Crippen molar-refractivity contribution in [3.63, 3.8) is 0 Å². The van der Waals surface area contributed by atoms with Gasteiger partial charge in [-0.3, -0.25) is 4.79 Å². The Morgan fingerprint density at radius 3 is 2.41 bits per heavy atom. The van der Waals surface area contributed by atoms with Crippen LogP contribution in [0.5, 0.6) is 11.5 Å². The normalized spacial score (nSPS) is 10.6. The van der Waals surface area contributed by atoms with Crippen LogP contribution in [0.4, 0.5) is 5.69 Å². The van der Waals surface area contributed by atoms with Crippen molar-refractivity contribution in [1.29, 1.82) is 0 Å². The molecule has 0 aliphatic rings. The average molecular weight is 428 g/mol. The van der Waals surface area contributed by atoms with Crippen LogP contribution in [0.15, 0.2) is 41.0 Å². The van der Waals surface area contributed by atoms with E-state index in [4.69, 9.17) is 48.7 Å². The maximum atomic E-state index is 12.5. The molecule has 2 aromatic carbocycles. The molecule has 0 unspecified atom stereocenters. The lowest BCUT2D eigenvalue weighted by atomic mass is 10.2. The molecule has 0 fully saturated rings. The molecule has 1 aromatic heterocycles. The van der Waals surface area contributed by atoms with Crippen LogP contribution in [-0.4, -0.2) is 25.1 Å². The quantitative estimate of drug-likeness (QED) is 0.576. The Kier molecular flexibility index (Phi) is 5.79. The summed E-state index contributed by atoms with van der Waals surface area (Å²) in [5, 5.41) is 3.82. The largest absolute Gasteiger partial charge is 0.495 e. The van der Waals surface area contributed by atoms with E-state index in [1.807, 2.05) is 0 Å². The number of anilines is 1. The fraction of sp³-hybridized carbons (Fsp3) is 0.111. The summed E-state index contributed by atoms with van der Waals surface area (Å²) in [5.41, 5.74) is 1.05. The number of rotatable bonds is 5. The first-order valence-electron chi connectivity index (χ1n) is 7.56. The third-order valence-corrected chi connectivity index (χ3v) is 4.66. The molecule has 0 spiro atoms. The van der Waals surface area contributed by atoms with Crippen molar-refractivity contribution in [2.75, 3.05) is 19.5 Å². The van der Waals surface area contributed by atoms with Crippen molar-refractivity contribution in [2.45, 2.75) is 0 Å². The highest BCUT2D eigenvalue weighted by atomic mass is 35.5. The summed E-state index contributed by atoms with van der Waals surface area (Å²) in [7, 11) is 2.94. The Morgan fingerprint density at radius 1 is 1.00 bits per heavy atom. The summed E-state index contributed by atoms with van der Waals surface area (Å²) in [5.74, 6) is 0.513. The lowest BCUT2D eigenvalue weighted by Crippen LogP contribution is -2.13. The van der Waals surface area contributed by atoms with Crippen molar-refractivity contribution >= 4 is 46.4 Å². The summed E-state index contributed by atoms with van der Waals surface area (Å²) in [4.78, 5) is 16.7. The molecule has 1 N–H and O–H groups in total. The predicted molar refractivity (Wildman–Crippen MR) is 104 cm³/mol. The number of methoxy groups -OCH3 is 2. The summed E-state index contributed by atoms with van der Waals surface area (Å²) in [6.45, 7) is 0. The van der Waals surface area contributed by atoms with Crippen LogP contribution < -0.4 is 14.8 Å². The number of nitrogens with one attached hydrogen (secondary N) is 1. The first-order valence-corrected chi connectivity index (χ1v) is 8.70. The van der Waals surface area contributed by atoms with Gasteiger partial charge in [-0.05, 0) is 18.2 Å². The number of carbonyl (C=O) groups excluding carboxylic acids is 1. The molecule has 1 heterocycles. The lowest BCUT2D eigenvalue weighted by molar-refractivity contribution is 0.102. The van der Waals surface area contributed by atoms with Gasteiger partial charge in [0.25, 0.3) is 5.91 Å². The Labute approximate surface area is 170 Å². The maximum Gasteiger partial charge on any atom is 0.277 e. The molecule has 0 bridgehead atoms. The number of hydrogen-bond acceptors (Lipinski definition) is 5. The van der Waals surface area contributed by atoms with E-state index in [2.05, 4.69) is 10.3 Å². The van der Waals surface area contributed by atoms with Crippen LogP contribution in [0.1, 0.15) is 10.5 Å². The van der Waals surface area contributed by atoms with E-state index < -0.39 is 5.91 Å². The maximum absolute atomic E-state index is 12.5. The molecular weight excluding hydrogens is 415 g/mol. The van der Waals surface area contributed by atoms with Gasteiger partial charge in [-0.15, -0.1) is 0 Å². The number of carbonyl (C=O) groups is 1. The van der Waals surface area contributed by atoms with Gasteiger partial charge in [-0.2, -0.15) is 0 Å². The van der Waals surface area contributed by atoms with Crippen LogP contribution in [0.3, 0.4) is 0 Å². The first kappa shape index (κ1) is 19.4. The van der Waals surface area contributed by atoms with E-state index in [9.17, 15) is 4.79 Å². The Balaban J connectivity index is 1.85. The molecule has 3 aromatic rings. The van der Waals surface area contributed by atoms with Gasteiger partial charge in [-0.1, -0.05) is 34.8 Å². The molecule has 0 radical (unpaired) electrons. The topological polar surface area (TPSA) is 73.6 Å². The number of hydrogen-bond donors (Lipinski definition) is 1. The number of benzene rings is 2. The van der Waals surface area contributed by atoms with Gasteiger partial charge >= 0.3 is 0 Å². The van der Waals surface area contributed by atoms with E-state index in [1.165, 1.54) is 20.5 Å². The minimum Gasteiger partial charge on any atom is -0.495 e. The van der Waals surface area contributed by atoms with Gasteiger partial charge in [0.1, 0.15) is 17.8 Å². The van der Waals surface area contributed by atoms with Crippen LogP contribution in [0.2, 0.25) is 15.1 Å². The summed E-state index contributed by atoms with van der Waals surface area (Å²) in [6, 6.07) is 8.01. The van der Waals surface area contributed by atoms with Crippen molar-refractivity contribution in [1.82, 2.24) is 4.98 Å². The molecule has 27 heavy (non-hydrogen) atoms. The van der Waals surface area contributed by atoms with Crippen LogP contribution in [0.25, 0.3) is 11.5 Å². The molecule has 0 saturated heterocycles. The molecule has 6 nitrogen and oxygen atoms in total. The SMILES string of the molecule is COc1cc(NC(=O)c2coc(-c3ccc(Cl)c(Cl)c3)n2)c(OC)cc1Cl. The van der Waals surface area contributed by atoms with E-state index in [0.29, 0.717) is 37.8 Å². The van der Waals surface area contributed by atoms with Gasteiger partial charge in [0.05, 0.1) is 35.0 Å². The fourth-order valence-electron chi connectivity index (χ4n) is 2.28. The van der Waals surface area contributed by atoms with E-state index >= 15 is 0 Å². The van der Waals surface area contributed by atoms with Crippen LogP contribution >= 0.6 is 34.8 Å². The number of halogens is 3. The molecule has 0 saturated carbocycles. The average Bonchev–Trinajstić information content (AvgIpc) is 3.15. The van der Waals surface area contributed by atoms with Crippen molar-refractivity contribution in [3.05, 3.63) is 57.4 Å². The van der Waals surface area contributed by atoms with E-state index in [0.717, 1.165) is 0 Å². The number of oxazole rings is 1. The zero-order chi connectivity index (χ0) is 19.6. The highest BCUT2D eigenvalue weighted by Gasteiger charge is 2.17. The summed E-state index contributed by atoms with van der Waals surface area (Å²) in [6.07, 6.45) is 1.24. The number of amides is 1. The molecule has 0 aliphatic carbocycles. The van der Waals surface area contributed by atoms with Gasteiger partial charge in [0.2, 0.25) is 5.89 Å². The smallest absolute Gasteiger partial charge is 0.277 e. The second kappa shape index (κ2) is 8.08. The second-order valence-corrected chi connectivity index (χ2v) is 6.53. The molecule has 1 amide bonds. The first-order chi connectivity index (χ1) is 12.9. The fourth-order valence-corrected chi connectivity index (χ4v) is 2.81. The molecule has 0 atom stereocenters. The molecular formula is C18H13Cl3N2O4.